The number of hydrogen-bond acceptors (Lipinski definition) is 5. The molecule has 1 aliphatic heterocycles. The normalized spacial score (nSPS) is 25.4. The number of carbonyl (C=O) groups is 1. The largest absolute Gasteiger partial charge is 0.384 e. The molecule has 5 nitrogen and oxygen atoms in total. The zero-order valence-corrected chi connectivity index (χ0v) is 18.1. The average Bonchev–Trinajstić information content (AvgIpc) is 2.80. The van der Waals surface area contributed by atoms with Crippen molar-refractivity contribution in [2.45, 2.75) is 11.3 Å². The Morgan fingerprint density at radius 3 is 2.55 bits per heavy atom. The van der Waals surface area contributed by atoms with E-state index >= 15 is 0 Å². The molecule has 0 fully saturated rings. The third-order valence-corrected chi connectivity index (χ3v) is 6.55. The number of pyridine rings is 1. The van der Waals surface area contributed by atoms with Gasteiger partial charge in [-0.2, -0.15) is 5.26 Å². The Labute approximate surface area is 191 Å². The van der Waals surface area contributed by atoms with Gasteiger partial charge < -0.3 is 5.73 Å². The molecular formula is C24H19ClN4OS. The van der Waals surface area contributed by atoms with E-state index in [4.69, 9.17) is 29.6 Å². The van der Waals surface area contributed by atoms with Crippen LogP contribution >= 0.6 is 23.8 Å². The number of Topliss-reactive ketones (excluding diaryl/α,β-unsaturated/α-hetero) is 1. The lowest BCUT2D eigenvalue weighted by Crippen LogP contribution is -2.54. The van der Waals surface area contributed by atoms with E-state index in [9.17, 15) is 10.1 Å². The smallest absolute Gasteiger partial charge is 0.173 e. The summed E-state index contributed by atoms with van der Waals surface area (Å²) in [6, 6.07) is 14.7. The molecule has 0 saturated heterocycles. The number of carbonyl (C=O) groups excluding carboxylic acids is 1. The van der Waals surface area contributed by atoms with Crippen LogP contribution in [-0.4, -0.2) is 20.6 Å². The zero-order valence-electron chi connectivity index (χ0n) is 16.5. The van der Waals surface area contributed by atoms with E-state index in [1.807, 2.05) is 54.6 Å². The SMILES string of the molecule is N#CC1=C(N)N(c2ccccc2)C(=S)C(C(=O)c2ccncc2)C1C1(Cl)C=CC=CC1. The molecule has 2 aromatic rings. The number of hydrogen-bond donors (Lipinski definition) is 1. The van der Waals surface area contributed by atoms with Crippen LogP contribution in [0.5, 0.6) is 0 Å². The zero-order chi connectivity index (χ0) is 22.0. The summed E-state index contributed by atoms with van der Waals surface area (Å²) in [4.78, 5) is 18.6. The minimum Gasteiger partial charge on any atom is -0.384 e. The van der Waals surface area contributed by atoms with Crippen LogP contribution in [-0.2, 0) is 0 Å². The predicted octanol–water partition coefficient (Wildman–Crippen LogP) is 4.53. The van der Waals surface area contributed by atoms with Crippen molar-refractivity contribution in [3.63, 3.8) is 0 Å². The highest BCUT2D eigenvalue weighted by Crippen LogP contribution is 2.47. The van der Waals surface area contributed by atoms with Crippen LogP contribution in [0.3, 0.4) is 0 Å². The highest BCUT2D eigenvalue weighted by molar-refractivity contribution is 7.80. The predicted molar refractivity (Wildman–Crippen MR) is 125 cm³/mol. The van der Waals surface area contributed by atoms with E-state index in [1.54, 1.807) is 29.4 Å². The minimum atomic E-state index is -1.01. The Bertz CT molecular complexity index is 1150. The molecule has 0 amide bonds. The van der Waals surface area contributed by atoms with Crippen LogP contribution in [0.4, 0.5) is 5.69 Å². The fraction of sp³-hybridized carbons (Fsp3) is 0.167. The molecule has 0 bridgehead atoms. The molecule has 1 aromatic heterocycles. The summed E-state index contributed by atoms with van der Waals surface area (Å²) >= 11 is 12.9. The number of para-hydroxylation sites is 1. The summed E-state index contributed by atoms with van der Waals surface area (Å²) < 4.78 is 0. The number of nitrogens with two attached hydrogens (primary N) is 1. The molecule has 2 N–H and O–H groups in total. The molecule has 0 radical (unpaired) electrons. The number of aromatic nitrogens is 1. The number of thiocarbonyl (C=S) groups is 1. The molecule has 0 spiro atoms. The van der Waals surface area contributed by atoms with Crippen molar-refractivity contribution in [2.24, 2.45) is 17.6 Å². The lowest BCUT2D eigenvalue weighted by Gasteiger charge is -2.45. The van der Waals surface area contributed by atoms with Gasteiger partial charge in [-0.15, -0.1) is 11.6 Å². The van der Waals surface area contributed by atoms with Gasteiger partial charge in [0.1, 0.15) is 5.82 Å². The molecule has 154 valence electrons. The van der Waals surface area contributed by atoms with Crippen LogP contribution in [0.1, 0.15) is 16.8 Å². The summed E-state index contributed by atoms with van der Waals surface area (Å²) in [6.45, 7) is 0. The maximum absolute atomic E-state index is 13.7. The molecule has 7 heteroatoms. The van der Waals surface area contributed by atoms with Gasteiger partial charge in [-0.25, -0.2) is 0 Å². The number of halogens is 1. The quantitative estimate of drug-likeness (QED) is 0.422. The molecule has 31 heavy (non-hydrogen) atoms. The summed E-state index contributed by atoms with van der Waals surface area (Å²) in [7, 11) is 0. The molecule has 1 aliphatic carbocycles. The van der Waals surface area contributed by atoms with Gasteiger partial charge in [-0.05, 0) is 30.7 Å². The lowest BCUT2D eigenvalue weighted by atomic mass is 9.69. The fourth-order valence-electron chi connectivity index (χ4n) is 4.13. The van der Waals surface area contributed by atoms with Crippen molar-refractivity contribution >= 4 is 40.3 Å². The first-order chi connectivity index (χ1) is 15.0. The first kappa shape index (κ1) is 21.0. The van der Waals surface area contributed by atoms with E-state index in [1.165, 1.54) is 0 Å². The number of rotatable bonds is 4. The van der Waals surface area contributed by atoms with Gasteiger partial charge in [0.25, 0.3) is 0 Å². The van der Waals surface area contributed by atoms with E-state index in [2.05, 4.69) is 11.1 Å². The van der Waals surface area contributed by atoms with Gasteiger partial charge in [0, 0.05) is 29.6 Å². The van der Waals surface area contributed by atoms with Crippen molar-refractivity contribution in [1.29, 1.82) is 5.26 Å². The number of benzene rings is 1. The molecule has 1 aromatic carbocycles. The lowest BCUT2D eigenvalue weighted by molar-refractivity contribution is 0.0921. The maximum atomic E-state index is 13.7. The third-order valence-electron chi connectivity index (χ3n) is 5.60. The van der Waals surface area contributed by atoms with Crippen molar-refractivity contribution < 1.29 is 4.79 Å². The molecular weight excluding hydrogens is 428 g/mol. The van der Waals surface area contributed by atoms with Crippen LogP contribution in [0.25, 0.3) is 0 Å². The highest BCUT2D eigenvalue weighted by atomic mass is 35.5. The first-order valence-electron chi connectivity index (χ1n) is 9.74. The second-order valence-corrected chi connectivity index (χ2v) is 8.52. The number of nitriles is 1. The molecule has 3 unspecified atom stereocenters. The average molecular weight is 447 g/mol. The van der Waals surface area contributed by atoms with Gasteiger partial charge in [-0.3, -0.25) is 14.7 Å². The number of anilines is 1. The summed E-state index contributed by atoms with van der Waals surface area (Å²) in [5.41, 5.74) is 7.88. The van der Waals surface area contributed by atoms with Gasteiger partial charge in [-0.1, -0.05) is 54.7 Å². The molecule has 2 aliphatic rings. The van der Waals surface area contributed by atoms with Gasteiger partial charge >= 0.3 is 0 Å². The Kier molecular flexibility index (Phi) is 5.73. The molecule has 0 saturated carbocycles. The molecule has 4 rings (SSSR count). The fourth-order valence-corrected chi connectivity index (χ4v) is 4.98. The molecule has 3 atom stereocenters. The maximum Gasteiger partial charge on any atom is 0.173 e. The topological polar surface area (TPSA) is 83.0 Å². The van der Waals surface area contributed by atoms with Crippen molar-refractivity contribution in [2.75, 3.05) is 4.90 Å². The second-order valence-electron chi connectivity index (χ2n) is 7.39. The number of alkyl halides is 1. The van der Waals surface area contributed by atoms with Crippen molar-refractivity contribution in [1.82, 2.24) is 4.98 Å². The summed E-state index contributed by atoms with van der Waals surface area (Å²) in [5, 5.41) is 10.1. The second kappa shape index (κ2) is 8.46. The third kappa shape index (κ3) is 3.67. The van der Waals surface area contributed by atoms with Gasteiger partial charge in [0.05, 0.1) is 27.4 Å². The minimum absolute atomic E-state index is 0.199. The van der Waals surface area contributed by atoms with Crippen LogP contribution in [0.15, 0.2) is 90.6 Å². The van der Waals surface area contributed by atoms with Crippen LogP contribution < -0.4 is 10.6 Å². The number of allylic oxidation sites excluding steroid dienone is 5. The number of nitrogens with zero attached hydrogens (tertiary/aromatic N) is 3. The first-order valence-corrected chi connectivity index (χ1v) is 10.5. The standard InChI is InChI=1S/C24H19ClN4OS/c25-24(11-5-2-6-12-24)20-18(15-26)22(27)29(17-7-3-1-4-8-17)23(31)19(20)21(30)16-9-13-28-14-10-16/h1-11,13-14,19-20H,12,27H2. The van der Waals surface area contributed by atoms with Gasteiger partial charge in [0.2, 0.25) is 0 Å². The van der Waals surface area contributed by atoms with E-state index in [0.717, 1.165) is 0 Å². The Hall–Kier alpha value is -3.27. The summed E-state index contributed by atoms with van der Waals surface area (Å²) in [6.07, 6.45) is 11.0. The Balaban J connectivity index is 1.93. The van der Waals surface area contributed by atoms with E-state index in [-0.39, 0.29) is 17.2 Å². The van der Waals surface area contributed by atoms with Crippen LogP contribution in [0.2, 0.25) is 0 Å². The monoisotopic (exact) mass is 446 g/mol. The van der Waals surface area contributed by atoms with Crippen molar-refractivity contribution in [3.8, 4) is 6.07 Å². The summed E-state index contributed by atoms with van der Waals surface area (Å²) in [5.74, 6) is -1.59. The molecule has 2 heterocycles. The van der Waals surface area contributed by atoms with E-state index < -0.39 is 16.7 Å². The highest BCUT2D eigenvalue weighted by Gasteiger charge is 2.52. The van der Waals surface area contributed by atoms with Gasteiger partial charge in [0.15, 0.2) is 5.78 Å². The van der Waals surface area contributed by atoms with Crippen LogP contribution in [0, 0.1) is 23.2 Å². The van der Waals surface area contributed by atoms with E-state index in [0.29, 0.717) is 22.7 Å². The number of ketones is 1. The Morgan fingerprint density at radius 1 is 1.23 bits per heavy atom. The van der Waals surface area contributed by atoms with Crippen molar-refractivity contribution in [3.05, 3.63) is 96.1 Å². The Morgan fingerprint density at radius 2 is 1.94 bits per heavy atom.